The van der Waals surface area contributed by atoms with Crippen molar-refractivity contribution in [1.29, 1.82) is 0 Å². The molecule has 0 unspecified atom stereocenters. The number of hydrogen-bond donors (Lipinski definition) is 0. The van der Waals surface area contributed by atoms with E-state index < -0.39 is 0 Å². The first-order valence-electron chi connectivity index (χ1n) is 5.84. The van der Waals surface area contributed by atoms with Gasteiger partial charge in [0.05, 0.1) is 0 Å². The maximum absolute atomic E-state index is 5.89. The molecular weight excluding hydrogens is 230 g/mol. The van der Waals surface area contributed by atoms with Crippen molar-refractivity contribution in [2.45, 2.75) is 13.5 Å². The predicted molar refractivity (Wildman–Crippen MR) is 74.6 cm³/mol. The minimum atomic E-state index is 0.788. The maximum Gasteiger partial charge on any atom is 0.0429 e. The number of anilines is 1. The van der Waals surface area contributed by atoms with E-state index >= 15 is 0 Å². The van der Waals surface area contributed by atoms with Crippen LogP contribution in [0.4, 0.5) is 5.69 Å². The monoisotopic (exact) mass is 245 g/mol. The molecule has 0 bridgehead atoms. The first-order chi connectivity index (χ1) is 8.29. The highest BCUT2D eigenvalue weighted by Crippen LogP contribution is 2.17. The zero-order valence-electron chi connectivity index (χ0n) is 9.94. The van der Waals surface area contributed by atoms with E-state index in [1.165, 1.54) is 11.3 Å². The summed E-state index contributed by atoms with van der Waals surface area (Å²) in [5.74, 6) is 0. The zero-order chi connectivity index (χ0) is 12.1. The van der Waals surface area contributed by atoms with Crippen molar-refractivity contribution in [3.8, 4) is 0 Å². The normalized spacial score (nSPS) is 10.2. The van der Waals surface area contributed by atoms with E-state index in [0.717, 1.165) is 18.1 Å². The second kappa shape index (κ2) is 5.74. The van der Waals surface area contributed by atoms with E-state index in [4.69, 9.17) is 11.6 Å². The van der Waals surface area contributed by atoms with Crippen LogP contribution < -0.4 is 4.90 Å². The summed E-state index contributed by atoms with van der Waals surface area (Å²) in [7, 11) is 0. The van der Waals surface area contributed by atoms with E-state index in [1.807, 2.05) is 18.2 Å². The third kappa shape index (κ3) is 3.24. The maximum atomic E-state index is 5.89. The highest BCUT2D eigenvalue weighted by molar-refractivity contribution is 6.30. The number of halogens is 1. The lowest BCUT2D eigenvalue weighted by molar-refractivity contribution is 0.832. The van der Waals surface area contributed by atoms with Gasteiger partial charge in [0.15, 0.2) is 0 Å². The average molecular weight is 246 g/mol. The summed E-state index contributed by atoms with van der Waals surface area (Å²) >= 11 is 5.89. The first kappa shape index (κ1) is 12.0. The topological polar surface area (TPSA) is 3.24 Å². The number of nitrogens with zero attached hydrogens (tertiary/aromatic N) is 1. The van der Waals surface area contributed by atoms with E-state index in [0.29, 0.717) is 0 Å². The summed E-state index contributed by atoms with van der Waals surface area (Å²) in [6, 6.07) is 18.5. The summed E-state index contributed by atoms with van der Waals surface area (Å²) in [6.45, 7) is 4.08. The number of benzene rings is 2. The third-order valence-corrected chi connectivity index (χ3v) is 3.04. The lowest BCUT2D eigenvalue weighted by Crippen LogP contribution is -2.21. The Labute approximate surface area is 108 Å². The average Bonchev–Trinajstić information content (AvgIpc) is 2.39. The van der Waals surface area contributed by atoms with Gasteiger partial charge in [-0.15, -0.1) is 0 Å². The van der Waals surface area contributed by atoms with Crippen molar-refractivity contribution in [1.82, 2.24) is 0 Å². The van der Waals surface area contributed by atoms with Crippen LogP contribution in [0, 0.1) is 0 Å². The lowest BCUT2D eigenvalue weighted by atomic mass is 10.2. The van der Waals surface area contributed by atoms with Gasteiger partial charge in [-0.1, -0.05) is 41.9 Å². The standard InChI is InChI=1S/C15H16ClN/c1-2-17(15-6-4-3-5-7-15)12-13-8-10-14(16)11-9-13/h3-11H,2,12H2,1H3. The summed E-state index contributed by atoms with van der Waals surface area (Å²) in [5, 5.41) is 0.788. The van der Waals surface area contributed by atoms with Crippen molar-refractivity contribution in [3.63, 3.8) is 0 Å². The fourth-order valence-electron chi connectivity index (χ4n) is 1.83. The lowest BCUT2D eigenvalue weighted by Gasteiger charge is -2.23. The number of hydrogen-bond acceptors (Lipinski definition) is 1. The van der Waals surface area contributed by atoms with Gasteiger partial charge in [-0.25, -0.2) is 0 Å². The Morgan fingerprint density at radius 1 is 0.941 bits per heavy atom. The second-order valence-corrected chi connectivity index (χ2v) is 4.41. The van der Waals surface area contributed by atoms with E-state index in [-0.39, 0.29) is 0 Å². The third-order valence-electron chi connectivity index (χ3n) is 2.79. The summed E-state index contributed by atoms with van der Waals surface area (Å²) in [6.07, 6.45) is 0. The molecule has 0 saturated heterocycles. The molecule has 0 aliphatic carbocycles. The van der Waals surface area contributed by atoms with E-state index in [2.05, 4.69) is 48.2 Å². The molecule has 0 fully saturated rings. The van der Waals surface area contributed by atoms with Crippen LogP contribution in [0.3, 0.4) is 0 Å². The Morgan fingerprint density at radius 3 is 2.18 bits per heavy atom. The molecule has 0 saturated carbocycles. The minimum Gasteiger partial charge on any atom is -0.367 e. The smallest absolute Gasteiger partial charge is 0.0429 e. The van der Waals surface area contributed by atoms with Crippen molar-refractivity contribution in [2.24, 2.45) is 0 Å². The molecule has 0 amide bonds. The molecule has 1 nitrogen and oxygen atoms in total. The van der Waals surface area contributed by atoms with Crippen molar-refractivity contribution in [3.05, 3.63) is 65.2 Å². The predicted octanol–water partition coefficient (Wildman–Crippen LogP) is 4.37. The SMILES string of the molecule is CCN(Cc1ccc(Cl)cc1)c1ccccc1. The van der Waals surface area contributed by atoms with Crippen LogP contribution in [0.15, 0.2) is 54.6 Å². The van der Waals surface area contributed by atoms with Crippen LogP contribution >= 0.6 is 11.6 Å². The van der Waals surface area contributed by atoms with Gasteiger partial charge in [-0.3, -0.25) is 0 Å². The fourth-order valence-corrected chi connectivity index (χ4v) is 1.96. The van der Waals surface area contributed by atoms with Gasteiger partial charge in [0, 0.05) is 23.8 Å². The molecular formula is C15H16ClN. The van der Waals surface area contributed by atoms with Gasteiger partial charge in [0.1, 0.15) is 0 Å². The molecule has 2 heteroatoms. The van der Waals surface area contributed by atoms with Crippen molar-refractivity contribution < 1.29 is 0 Å². The molecule has 2 aromatic carbocycles. The minimum absolute atomic E-state index is 0.788. The van der Waals surface area contributed by atoms with Crippen LogP contribution in [-0.2, 0) is 6.54 Å². The fraction of sp³-hybridized carbons (Fsp3) is 0.200. The van der Waals surface area contributed by atoms with Gasteiger partial charge >= 0.3 is 0 Å². The van der Waals surface area contributed by atoms with Crippen molar-refractivity contribution in [2.75, 3.05) is 11.4 Å². The molecule has 0 atom stereocenters. The summed E-state index contributed by atoms with van der Waals surface area (Å²) in [5.41, 5.74) is 2.53. The van der Waals surface area contributed by atoms with Gasteiger partial charge < -0.3 is 4.90 Å². The van der Waals surface area contributed by atoms with Crippen LogP contribution in [0.1, 0.15) is 12.5 Å². The molecule has 0 heterocycles. The Morgan fingerprint density at radius 2 is 1.59 bits per heavy atom. The van der Waals surface area contributed by atoms with Gasteiger partial charge in [-0.05, 0) is 36.8 Å². The molecule has 17 heavy (non-hydrogen) atoms. The Bertz CT molecular complexity index is 450. The quantitative estimate of drug-likeness (QED) is 0.773. The van der Waals surface area contributed by atoms with E-state index in [9.17, 15) is 0 Å². The Balaban J connectivity index is 2.13. The number of rotatable bonds is 4. The zero-order valence-corrected chi connectivity index (χ0v) is 10.7. The van der Waals surface area contributed by atoms with Crippen LogP contribution in [0.2, 0.25) is 5.02 Å². The van der Waals surface area contributed by atoms with Gasteiger partial charge in [0.25, 0.3) is 0 Å². The molecule has 88 valence electrons. The molecule has 0 aromatic heterocycles. The molecule has 0 aliphatic rings. The molecule has 0 spiro atoms. The van der Waals surface area contributed by atoms with Crippen molar-refractivity contribution >= 4 is 17.3 Å². The molecule has 2 aromatic rings. The molecule has 0 N–H and O–H groups in total. The van der Waals surface area contributed by atoms with Gasteiger partial charge in [0.2, 0.25) is 0 Å². The first-order valence-corrected chi connectivity index (χ1v) is 6.22. The molecule has 0 aliphatic heterocycles. The highest BCUT2D eigenvalue weighted by atomic mass is 35.5. The number of para-hydroxylation sites is 1. The Hall–Kier alpha value is -1.47. The largest absolute Gasteiger partial charge is 0.367 e. The highest BCUT2D eigenvalue weighted by Gasteiger charge is 2.04. The van der Waals surface area contributed by atoms with Crippen LogP contribution in [-0.4, -0.2) is 6.54 Å². The van der Waals surface area contributed by atoms with Crippen LogP contribution in [0.5, 0.6) is 0 Å². The van der Waals surface area contributed by atoms with Gasteiger partial charge in [-0.2, -0.15) is 0 Å². The molecule has 2 rings (SSSR count). The summed E-state index contributed by atoms with van der Waals surface area (Å²) < 4.78 is 0. The second-order valence-electron chi connectivity index (χ2n) is 3.98. The Kier molecular flexibility index (Phi) is 4.05. The van der Waals surface area contributed by atoms with E-state index in [1.54, 1.807) is 0 Å². The van der Waals surface area contributed by atoms with Crippen LogP contribution in [0.25, 0.3) is 0 Å². The summed E-state index contributed by atoms with van der Waals surface area (Å²) in [4.78, 5) is 2.34. The molecule has 0 radical (unpaired) electrons.